The highest BCUT2D eigenvalue weighted by atomic mass is 19.1. The predicted molar refractivity (Wildman–Crippen MR) is 93.7 cm³/mol. The molecule has 1 aliphatic rings. The molecule has 1 fully saturated rings. The van der Waals surface area contributed by atoms with Crippen LogP contribution in [-0.4, -0.2) is 40.6 Å². The highest BCUT2D eigenvalue weighted by molar-refractivity contribution is 5.92. The molecule has 132 valence electrons. The van der Waals surface area contributed by atoms with Gasteiger partial charge in [0.25, 0.3) is 5.91 Å². The second-order valence-electron chi connectivity index (χ2n) is 6.96. The number of pyridine rings is 1. The number of nitrogens with zero attached hydrogens (tertiary/aromatic N) is 2. The van der Waals surface area contributed by atoms with Crippen molar-refractivity contribution in [3.63, 3.8) is 0 Å². The maximum Gasteiger partial charge on any atom is 0.272 e. The Balaban J connectivity index is 1.77. The van der Waals surface area contributed by atoms with Crippen molar-refractivity contribution in [1.29, 1.82) is 0 Å². The van der Waals surface area contributed by atoms with E-state index < -0.39 is 5.41 Å². The zero-order chi connectivity index (χ0) is 17.9. The number of likely N-dealkylation sites (tertiary alicyclic amines) is 1. The summed E-state index contributed by atoms with van der Waals surface area (Å²) in [5.41, 5.74) is 1.83. The van der Waals surface area contributed by atoms with Crippen molar-refractivity contribution in [2.75, 3.05) is 19.7 Å². The van der Waals surface area contributed by atoms with Crippen LogP contribution in [0.4, 0.5) is 4.39 Å². The van der Waals surface area contributed by atoms with Gasteiger partial charge in [-0.25, -0.2) is 9.37 Å². The molecule has 1 N–H and O–H groups in total. The van der Waals surface area contributed by atoms with E-state index in [2.05, 4.69) is 4.98 Å². The van der Waals surface area contributed by atoms with Gasteiger partial charge in [0.2, 0.25) is 0 Å². The molecule has 1 aromatic heterocycles. The smallest absolute Gasteiger partial charge is 0.272 e. The number of aryl methyl sites for hydroxylation is 1. The first-order valence-electron chi connectivity index (χ1n) is 8.60. The van der Waals surface area contributed by atoms with E-state index in [1.165, 1.54) is 12.1 Å². The summed E-state index contributed by atoms with van der Waals surface area (Å²) in [7, 11) is 0. The van der Waals surface area contributed by atoms with E-state index in [9.17, 15) is 14.3 Å². The van der Waals surface area contributed by atoms with Crippen LogP contribution >= 0.6 is 0 Å². The molecule has 1 aromatic carbocycles. The molecule has 1 atom stereocenters. The lowest BCUT2D eigenvalue weighted by atomic mass is 9.75. The van der Waals surface area contributed by atoms with E-state index in [0.29, 0.717) is 25.2 Å². The quantitative estimate of drug-likeness (QED) is 0.929. The Morgan fingerprint density at radius 2 is 2.04 bits per heavy atom. The normalized spacial score (nSPS) is 20.5. The standard InChI is InChI=1S/C20H23FN2O2/c1-15-4-2-5-18(22-15)19(25)23-11-3-10-20(13-23,14-24)12-16-6-8-17(21)9-7-16/h2,4-9,24H,3,10-14H2,1H3/t20-/m0/s1. The molecule has 0 radical (unpaired) electrons. The van der Waals surface area contributed by atoms with Crippen molar-refractivity contribution in [1.82, 2.24) is 9.88 Å². The Labute approximate surface area is 147 Å². The second kappa shape index (κ2) is 7.31. The molecule has 0 aliphatic carbocycles. The van der Waals surface area contributed by atoms with Gasteiger partial charge in [-0.15, -0.1) is 0 Å². The predicted octanol–water partition coefficient (Wildman–Crippen LogP) is 2.99. The fraction of sp³-hybridized carbons (Fsp3) is 0.400. The lowest BCUT2D eigenvalue weighted by Crippen LogP contribution is -2.49. The van der Waals surface area contributed by atoms with E-state index >= 15 is 0 Å². The van der Waals surface area contributed by atoms with Gasteiger partial charge >= 0.3 is 0 Å². The van der Waals surface area contributed by atoms with Crippen LogP contribution in [0.1, 0.15) is 34.6 Å². The number of aliphatic hydroxyl groups excluding tert-OH is 1. The Hall–Kier alpha value is -2.27. The zero-order valence-corrected chi connectivity index (χ0v) is 14.4. The highest BCUT2D eigenvalue weighted by Gasteiger charge is 2.37. The van der Waals surface area contributed by atoms with E-state index in [1.54, 1.807) is 23.1 Å². The first-order valence-corrected chi connectivity index (χ1v) is 8.60. The van der Waals surface area contributed by atoms with Crippen molar-refractivity contribution in [3.8, 4) is 0 Å². The summed E-state index contributed by atoms with van der Waals surface area (Å²) in [6.45, 7) is 3.00. The van der Waals surface area contributed by atoms with Gasteiger partial charge in [-0.05, 0) is 56.0 Å². The topological polar surface area (TPSA) is 53.4 Å². The average molecular weight is 342 g/mol. The molecule has 3 rings (SSSR count). The third-order valence-corrected chi connectivity index (χ3v) is 4.88. The second-order valence-corrected chi connectivity index (χ2v) is 6.96. The van der Waals surface area contributed by atoms with Gasteiger partial charge in [0.15, 0.2) is 0 Å². The molecule has 2 aromatic rings. The molecule has 25 heavy (non-hydrogen) atoms. The van der Waals surface area contributed by atoms with Crippen molar-refractivity contribution < 1.29 is 14.3 Å². The number of hydrogen-bond acceptors (Lipinski definition) is 3. The summed E-state index contributed by atoms with van der Waals surface area (Å²) in [5.74, 6) is -0.368. The number of amides is 1. The van der Waals surface area contributed by atoms with Crippen molar-refractivity contribution >= 4 is 5.91 Å². The van der Waals surface area contributed by atoms with Crippen molar-refractivity contribution in [2.24, 2.45) is 5.41 Å². The summed E-state index contributed by atoms with van der Waals surface area (Å²) in [5, 5.41) is 10.0. The highest BCUT2D eigenvalue weighted by Crippen LogP contribution is 2.34. The molecule has 0 saturated carbocycles. The third kappa shape index (κ3) is 4.04. The van der Waals surface area contributed by atoms with Crippen molar-refractivity contribution in [2.45, 2.75) is 26.2 Å². The van der Waals surface area contributed by atoms with Gasteiger partial charge in [0.05, 0.1) is 6.61 Å². The number of carbonyl (C=O) groups excluding carboxylic acids is 1. The monoisotopic (exact) mass is 342 g/mol. The molecular weight excluding hydrogens is 319 g/mol. The molecule has 1 amide bonds. The zero-order valence-electron chi connectivity index (χ0n) is 14.4. The molecule has 1 saturated heterocycles. The van der Waals surface area contributed by atoms with Crippen LogP contribution in [0.2, 0.25) is 0 Å². The van der Waals surface area contributed by atoms with E-state index in [-0.39, 0.29) is 18.3 Å². The summed E-state index contributed by atoms with van der Waals surface area (Å²) in [4.78, 5) is 18.9. The van der Waals surface area contributed by atoms with Gasteiger partial charge in [-0.3, -0.25) is 4.79 Å². The van der Waals surface area contributed by atoms with Crippen LogP contribution in [-0.2, 0) is 6.42 Å². The number of piperidine rings is 1. The Morgan fingerprint density at radius 1 is 1.28 bits per heavy atom. The van der Waals surface area contributed by atoms with Crippen LogP contribution in [0.15, 0.2) is 42.5 Å². The Bertz CT molecular complexity index is 748. The first-order chi connectivity index (χ1) is 12.0. The number of aromatic nitrogens is 1. The van der Waals surface area contributed by atoms with Crippen LogP contribution in [0, 0.1) is 18.2 Å². The van der Waals surface area contributed by atoms with E-state index in [4.69, 9.17) is 0 Å². The minimum Gasteiger partial charge on any atom is -0.396 e. The number of benzene rings is 1. The van der Waals surface area contributed by atoms with E-state index in [0.717, 1.165) is 24.1 Å². The molecule has 0 bridgehead atoms. The van der Waals surface area contributed by atoms with Gasteiger partial charge in [0.1, 0.15) is 11.5 Å². The Morgan fingerprint density at radius 3 is 2.72 bits per heavy atom. The molecular formula is C20H23FN2O2. The Kier molecular flexibility index (Phi) is 5.13. The molecule has 1 aliphatic heterocycles. The SMILES string of the molecule is Cc1cccc(C(=O)N2CCC[C@](CO)(Cc3ccc(F)cc3)C2)n1. The molecule has 0 unspecified atom stereocenters. The molecule has 4 nitrogen and oxygen atoms in total. The number of halogens is 1. The average Bonchev–Trinajstić information content (AvgIpc) is 2.63. The summed E-state index contributed by atoms with van der Waals surface area (Å²) in [6, 6.07) is 11.8. The fourth-order valence-corrected chi connectivity index (χ4v) is 3.57. The molecule has 2 heterocycles. The van der Waals surface area contributed by atoms with Crippen LogP contribution < -0.4 is 0 Å². The van der Waals surface area contributed by atoms with Gasteiger partial charge in [0, 0.05) is 24.2 Å². The van der Waals surface area contributed by atoms with Crippen molar-refractivity contribution in [3.05, 3.63) is 65.2 Å². The summed E-state index contributed by atoms with van der Waals surface area (Å²) < 4.78 is 13.1. The van der Waals surface area contributed by atoms with Crippen LogP contribution in [0.5, 0.6) is 0 Å². The summed E-state index contributed by atoms with van der Waals surface area (Å²) in [6.07, 6.45) is 2.29. The summed E-state index contributed by atoms with van der Waals surface area (Å²) >= 11 is 0. The van der Waals surface area contributed by atoms with Crippen LogP contribution in [0.25, 0.3) is 0 Å². The molecule has 5 heteroatoms. The number of carbonyl (C=O) groups is 1. The minimum absolute atomic E-state index is 0.00456. The van der Waals surface area contributed by atoms with Gasteiger partial charge in [-0.2, -0.15) is 0 Å². The first kappa shape index (κ1) is 17.5. The van der Waals surface area contributed by atoms with E-state index in [1.807, 2.05) is 19.1 Å². The maximum absolute atomic E-state index is 13.1. The number of rotatable bonds is 4. The lowest BCUT2D eigenvalue weighted by molar-refractivity contribution is 0.0268. The number of hydrogen-bond donors (Lipinski definition) is 1. The van der Waals surface area contributed by atoms with Gasteiger partial charge < -0.3 is 10.0 Å². The van der Waals surface area contributed by atoms with Gasteiger partial charge in [-0.1, -0.05) is 18.2 Å². The lowest BCUT2D eigenvalue weighted by Gasteiger charge is -2.42. The molecule has 0 spiro atoms. The largest absolute Gasteiger partial charge is 0.396 e. The maximum atomic E-state index is 13.1. The van der Waals surface area contributed by atoms with Crippen LogP contribution in [0.3, 0.4) is 0 Å². The fourth-order valence-electron chi connectivity index (χ4n) is 3.57. The number of aliphatic hydroxyl groups is 1. The minimum atomic E-state index is -0.393. The third-order valence-electron chi connectivity index (χ3n) is 4.88.